The number of rotatable bonds is 3. The molecule has 1 N–H and O–H groups in total. The van der Waals surface area contributed by atoms with E-state index in [9.17, 15) is 5.11 Å². The van der Waals surface area contributed by atoms with Crippen LogP contribution in [-0.4, -0.2) is 49.3 Å². The maximum atomic E-state index is 9.77. The smallest absolute Gasteiger partial charge is 0.180 e. The number of fused-ring (bicyclic) bond motifs is 2. The third-order valence-corrected chi connectivity index (χ3v) is 4.83. The number of aromatic nitrogens is 5. The van der Waals surface area contributed by atoms with E-state index in [0.717, 1.165) is 46.4 Å². The largest absolute Gasteiger partial charge is 0.391 e. The minimum atomic E-state index is -0.276. The van der Waals surface area contributed by atoms with Gasteiger partial charge in [0.1, 0.15) is 11.3 Å². The van der Waals surface area contributed by atoms with Crippen LogP contribution in [0.4, 0.5) is 5.82 Å². The average molecular weight is 346 g/mol. The summed E-state index contributed by atoms with van der Waals surface area (Å²) in [6, 6.07) is 14.1. The fourth-order valence-corrected chi connectivity index (χ4v) is 3.47. The second-order valence-corrected chi connectivity index (χ2v) is 6.68. The van der Waals surface area contributed by atoms with E-state index < -0.39 is 0 Å². The number of anilines is 1. The molecule has 1 aliphatic rings. The molecule has 0 bridgehead atoms. The predicted octanol–water partition coefficient (Wildman–Crippen LogP) is 1.99. The lowest BCUT2D eigenvalue weighted by Crippen LogP contribution is -2.22. The van der Waals surface area contributed by atoms with Gasteiger partial charge in [0.25, 0.3) is 0 Å². The van der Waals surface area contributed by atoms with E-state index in [1.54, 1.807) is 6.20 Å². The van der Waals surface area contributed by atoms with Crippen LogP contribution in [0.2, 0.25) is 0 Å². The van der Waals surface area contributed by atoms with Gasteiger partial charge in [-0.3, -0.25) is 4.98 Å². The second-order valence-electron chi connectivity index (χ2n) is 6.68. The summed E-state index contributed by atoms with van der Waals surface area (Å²) in [6.45, 7) is 2.04. The van der Waals surface area contributed by atoms with Crippen molar-refractivity contribution < 1.29 is 5.11 Å². The molecular formula is C19H18N6O. The van der Waals surface area contributed by atoms with E-state index in [1.807, 2.05) is 28.9 Å². The standard InChI is InChI=1S/C19H18N6O/c26-15-7-9-24(12-15)18-6-5-17-19(21-18)25(23-22-17)11-13-3-4-16-14(10-13)2-1-8-20-16/h1-6,8,10,15,26H,7,9,11-12H2/t15-/m1/s1. The summed E-state index contributed by atoms with van der Waals surface area (Å²) in [7, 11) is 0. The highest BCUT2D eigenvalue weighted by atomic mass is 16.3. The third-order valence-electron chi connectivity index (χ3n) is 4.83. The van der Waals surface area contributed by atoms with Gasteiger partial charge in [0.2, 0.25) is 0 Å². The van der Waals surface area contributed by atoms with Crippen molar-refractivity contribution in [2.75, 3.05) is 18.0 Å². The van der Waals surface area contributed by atoms with E-state index >= 15 is 0 Å². The molecule has 130 valence electrons. The summed E-state index contributed by atoms with van der Waals surface area (Å²) in [5.74, 6) is 0.861. The van der Waals surface area contributed by atoms with Crippen molar-refractivity contribution in [3.05, 3.63) is 54.2 Å². The molecule has 1 aromatic carbocycles. The first-order valence-electron chi connectivity index (χ1n) is 8.73. The van der Waals surface area contributed by atoms with E-state index in [-0.39, 0.29) is 6.10 Å². The zero-order valence-corrected chi connectivity index (χ0v) is 14.2. The van der Waals surface area contributed by atoms with Crippen molar-refractivity contribution in [2.24, 2.45) is 0 Å². The predicted molar refractivity (Wildman–Crippen MR) is 99.0 cm³/mol. The Morgan fingerprint density at radius 2 is 2.04 bits per heavy atom. The lowest BCUT2D eigenvalue weighted by atomic mass is 10.1. The number of pyridine rings is 2. The summed E-state index contributed by atoms with van der Waals surface area (Å²) < 4.78 is 1.82. The first-order chi connectivity index (χ1) is 12.8. The van der Waals surface area contributed by atoms with Gasteiger partial charge in [0.05, 0.1) is 18.2 Å². The number of aliphatic hydroxyl groups excluding tert-OH is 1. The van der Waals surface area contributed by atoms with Gasteiger partial charge < -0.3 is 10.0 Å². The Bertz CT molecular complexity index is 1090. The summed E-state index contributed by atoms with van der Waals surface area (Å²) in [5.41, 5.74) is 3.64. The van der Waals surface area contributed by atoms with Gasteiger partial charge in [-0.2, -0.15) is 0 Å². The van der Waals surface area contributed by atoms with Crippen molar-refractivity contribution in [2.45, 2.75) is 19.1 Å². The first kappa shape index (κ1) is 15.2. The molecule has 7 nitrogen and oxygen atoms in total. The second kappa shape index (κ2) is 6.03. The van der Waals surface area contributed by atoms with Crippen molar-refractivity contribution in [1.82, 2.24) is 25.0 Å². The molecule has 1 atom stereocenters. The number of β-amino-alcohol motifs (C(OH)–C–C–N with tert-alkyl or cyclic N) is 1. The molecule has 4 aromatic rings. The van der Waals surface area contributed by atoms with Crippen LogP contribution in [0.3, 0.4) is 0 Å². The highest BCUT2D eigenvalue weighted by Gasteiger charge is 2.22. The van der Waals surface area contributed by atoms with Crippen molar-refractivity contribution in [1.29, 1.82) is 0 Å². The Hall–Kier alpha value is -3.06. The van der Waals surface area contributed by atoms with Gasteiger partial charge in [-0.05, 0) is 42.3 Å². The average Bonchev–Trinajstić information content (AvgIpc) is 3.28. The highest BCUT2D eigenvalue weighted by Crippen LogP contribution is 2.22. The van der Waals surface area contributed by atoms with Gasteiger partial charge in [-0.25, -0.2) is 9.67 Å². The topological polar surface area (TPSA) is 80.0 Å². The normalized spacial score (nSPS) is 17.4. The highest BCUT2D eigenvalue weighted by molar-refractivity contribution is 5.79. The zero-order chi connectivity index (χ0) is 17.5. The lowest BCUT2D eigenvalue weighted by molar-refractivity contribution is 0.198. The van der Waals surface area contributed by atoms with Crippen LogP contribution in [0, 0.1) is 0 Å². The van der Waals surface area contributed by atoms with E-state index in [4.69, 9.17) is 4.98 Å². The minimum absolute atomic E-state index is 0.276. The van der Waals surface area contributed by atoms with E-state index in [2.05, 4.69) is 38.4 Å². The molecule has 0 radical (unpaired) electrons. The molecule has 0 spiro atoms. The van der Waals surface area contributed by atoms with Crippen LogP contribution in [0.1, 0.15) is 12.0 Å². The number of aliphatic hydroxyl groups is 1. The van der Waals surface area contributed by atoms with Crippen LogP contribution in [-0.2, 0) is 6.54 Å². The number of nitrogens with zero attached hydrogens (tertiary/aromatic N) is 6. The maximum Gasteiger partial charge on any atom is 0.180 e. The van der Waals surface area contributed by atoms with Gasteiger partial charge in [0, 0.05) is 24.7 Å². The third kappa shape index (κ3) is 2.66. The van der Waals surface area contributed by atoms with Gasteiger partial charge in [-0.15, -0.1) is 5.10 Å². The Morgan fingerprint density at radius 3 is 2.92 bits per heavy atom. The Morgan fingerprint density at radius 1 is 1.12 bits per heavy atom. The molecule has 26 heavy (non-hydrogen) atoms. The van der Waals surface area contributed by atoms with E-state index in [1.165, 1.54) is 0 Å². The summed E-state index contributed by atoms with van der Waals surface area (Å²) in [6.07, 6.45) is 2.30. The van der Waals surface area contributed by atoms with Crippen molar-refractivity contribution >= 4 is 27.9 Å². The van der Waals surface area contributed by atoms with Crippen molar-refractivity contribution in [3.63, 3.8) is 0 Å². The molecule has 1 saturated heterocycles. The number of hydrogen-bond donors (Lipinski definition) is 1. The minimum Gasteiger partial charge on any atom is -0.391 e. The summed E-state index contributed by atoms with van der Waals surface area (Å²) >= 11 is 0. The molecule has 3 aromatic heterocycles. The van der Waals surface area contributed by atoms with Gasteiger partial charge >= 0.3 is 0 Å². The van der Waals surface area contributed by atoms with Crippen LogP contribution < -0.4 is 4.90 Å². The number of hydrogen-bond acceptors (Lipinski definition) is 6. The molecule has 5 rings (SSSR count). The number of benzene rings is 1. The SMILES string of the molecule is O[C@@H]1CCN(c2ccc3nnn(Cc4ccc5ncccc5c4)c3n2)C1. The fraction of sp³-hybridized carbons (Fsp3) is 0.263. The van der Waals surface area contributed by atoms with Crippen LogP contribution in [0.25, 0.3) is 22.1 Å². The fourth-order valence-electron chi connectivity index (χ4n) is 3.47. The monoisotopic (exact) mass is 346 g/mol. The van der Waals surface area contributed by atoms with Gasteiger partial charge in [-0.1, -0.05) is 17.3 Å². The molecule has 0 aliphatic carbocycles. The van der Waals surface area contributed by atoms with E-state index in [0.29, 0.717) is 13.1 Å². The molecule has 1 aliphatic heterocycles. The molecule has 0 amide bonds. The summed E-state index contributed by atoms with van der Waals surface area (Å²) in [4.78, 5) is 11.2. The maximum absolute atomic E-state index is 9.77. The van der Waals surface area contributed by atoms with Crippen LogP contribution in [0.15, 0.2) is 48.7 Å². The molecule has 4 heterocycles. The quantitative estimate of drug-likeness (QED) is 0.611. The van der Waals surface area contributed by atoms with Crippen molar-refractivity contribution in [3.8, 4) is 0 Å². The van der Waals surface area contributed by atoms with Crippen LogP contribution in [0.5, 0.6) is 0 Å². The zero-order valence-electron chi connectivity index (χ0n) is 14.2. The lowest BCUT2D eigenvalue weighted by Gasteiger charge is -2.16. The molecule has 0 saturated carbocycles. The first-order valence-corrected chi connectivity index (χ1v) is 8.73. The molecular weight excluding hydrogens is 328 g/mol. The van der Waals surface area contributed by atoms with Crippen LogP contribution >= 0.6 is 0 Å². The summed E-state index contributed by atoms with van der Waals surface area (Å²) in [5, 5.41) is 19.4. The molecule has 1 fully saturated rings. The molecule has 0 unspecified atom stereocenters. The Balaban J connectivity index is 1.49. The molecule has 7 heteroatoms. The Labute approximate surface area is 149 Å². The van der Waals surface area contributed by atoms with Gasteiger partial charge in [0.15, 0.2) is 5.65 Å². The Kier molecular flexibility index (Phi) is 3.53.